The summed E-state index contributed by atoms with van der Waals surface area (Å²) in [6.07, 6.45) is 3.64. The summed E-state index contributed by atoms with van der Waals surface area (Å²) in [5.41, 5.74) is 5.63. The third-order valence-corrected chi connectivity index (χ3v) is 2.60. The molecule has 2 aromatic rings. The van der Waals surface area contributed by atoms with Crippen molar-refractivity contribution in [3.63, 3.8) is 0 Å². The van der Waals surface area contributed by atoms with Crippen LogP contribution in [0.15, 0.2) is 18.5 Å². The van der Waals surface area contributed by atoms with Gasteiger partial charge in [-0.1, -0.05) is 0 Å². The molecule has 5 heteroatoms. The van der Waals surface area contributed by atoms with Gasteiger partial charge in [-0.3, -0.25) is 0 Å². The average molecular weight is 208 g/mol. The quantitative estimate of drug-likeness (QED) is 0.801. The summed E-state index contributed by atoms with van der Waals surface area (Å²) in [6, 6.07) is 2.13. The molecule has 1 unspecified atom stereocenters. The van der Waals surface area contributed by atoms with Crippen molar-refractivity contribution in [2.45, 2.75) is 13.0 Å². The number of rotatable bonds is 3. The Hall–Kier alpha value is -1.20. The predicted octanol–water partition coefficient (Wildman–Crippen LogP) is 1.45. The smallest absolute Gasteiger partial charge is 0.127 e. The van der Waals surface area contributed by atoms with Crippen LogP contribution in [-0.2, 0) is 0 Å². The largest absolute Gasteiger partial charge is 0.368 e. The van der Waals surface area contributed by atoms with E-state index in [1.807, 2.05) is 25.4 Å². The summed E-state index contributed by atoms with van der Waals surface area (Å²) in [5.74, 6) is 0.860. The minimum absolute atomic E-state index is 0.133. The van der Waals surface area contributed by atoms with Crippen LogP contribution in [0.4, 0.5) is 5.82 Å². The highest BCUT2D eigenvalue weighted by molar-refractivity contribution is 7.13. The lowest BCUT2D eigenvalue weighted by Gasteiger charge is -2.07. The van der Waals surface area contributed by atoms with E-state index in [1.54, 1.807) is 0 Å². The van der Waals surface area contributed by atoms with Gasteiger partial charge in [0.15, 0.2) is 0 Å². The van der Waals surface area contributed by atoms with Crippen molar-refractivity contribution in [1.82, 2.24) is 9.36 Å². The predicted molar refractivity (Wildman–Crippen MR) is 59.6 cm³/mol. The Labute approximate surface area is 86.3 Å². The van der Waals surface area contributed by atoms with E-state index in [0.29, 0.717) is 0 Å². The number of hydrogen-bond acceptors (Lipinski definition) is 5. The molecular formula is C9H12N4S. The van der Waals surface area contributed by atoms with Crippen molar-refractivity contribution >= 4 is 27.4 Å². The SMILES string of the molecule is CC(N)CNc1cc2sncc2cn1. The minimum atomic E-state index is 0.133. The van der Waals surface area contributed by atoms with Crippen LogP contribution in [-0.4, -0.2) is 21.9 Å². The summed E-state index contributed by atoms with van der Waals surface area (Å²) < 4.78 is 5.23. The average Bonchev–Trinajstić information content (AvgIpc) is 2.61. The van der Waals surface area contributed by atoms with Gasteiger partial charge in [0.1, 0.15) is 5.82 Å². The van der Waals surface area contributed by atoms with Crippen LogP contribution >= 0.6 is 11.5 Å². The monoisotopic (exact) mass is 208 g/mol. The van der Waals surface area contributed by atoms with Gasteiger partial charge in [0.2, 0.25) is 0 Å². The standard InChI is InChI=1S/C9H12N4S/c1-6(10)3-11-9-2-8-7(4-12-9)5-13-14-8/h2,4-6H,3,10H2,1H3,(H,11,12). The molecule has 0 amide bonds. The van der Waals surface area contributed by atoms with E-state index in [0.717, 1.165) is 22.4 Å². The molecule has 2 heterocycles. The first-order valence-corrected chi connectivity index (χ1v) is 5.23. The van der Waals surface area contributed by atoms with Gasteiger partial charge in [0, 0.05) is 24.2 Å². The highest BCUT2D eigenvalue weighted by Gasteiger charge is 2.00. The van der Waals surface area contributed by atoms with Crippen molar-refractivity contribution in [1.29, 1.82) is 0 Å². The fourth-order valence-electron chi connectivity index (χ4n) is 1.13. The Morgan fingerprint density at radius 1 is 1.57 bits per heavy atom. The third-order valence-electron chi connectivity index (χ3n) is 1.84. The molecule has 0 aliphatic rings. The van der Waals surface area contributed by atoms with Crippen LogP contribution in [0.5, 0.6) is 0 Å². The second-order valence-electron chi connectivity index (χ2n) is 3.29. The van der Waals surface area contributed by atoms with E-state index in [-0.39, 0.29) is 6.04 Å². The van der Waals surface area contributed by atoms with Crippen LogP contribution in [0.25, 0.3) is 10.1 Å². The number of pyridine rings is 1. The lowest BCUT2D eigenvalue weighted by atomic mass is 10.3. The molecule has 2 aromatic heterocycles. The molecule has 0 radical (unpaired) electrons. The number of nitrogens with two attached hydrogens (primary N) is 1. The first-order valence-electron chi connectivity index (χ1n) is 4.45. The van der Waals surface area contributed by atoms with E-state index in [1.165, 1.54) is 11.5 Å². The lowest BCUT2D eigenvalue weighted by Crippen LogP contribution is -2.25. The van der Waals surface area contributed by atoms with E-state index in [9.17, 15) is 0 Å². The molecule has 4 nitrogen and oxygen atoms in total. The van der Waals surface area contributed by atoms with Gasteiger partial charge in [-0.05, 0) is 24.5 Å². The Balaban J connectivity index is 2.17. The summed E-state index contributed by atoms with van der Waals surface area (Å²) >= 11 is 1.47. The third kappa shape index (κ3) is 2.00. The van der Waals surface area contributed by atoms with E-state index in [4.69, 9.17) is 5.73 Å². The number of anilines is 1. The molecule has 0 spiro atoms. The molecule has 2 rings (SSSR count). The highest BCUT2D eigenvalue weighted by Crippen LogP contribution is 2.19. The fourth-order valence-corrected chi connectivity index (χ4v) is 1.78. The van der Waals surface area contributed by atoms with E-state index < -0.39 is 0 Å². The highest BCUT2D eigenvalue weighted by atomic mass is 32.1. The minimum Gasteiger partial charge on any atom is -0.368 e. The number of nitrogens with one attached hydrogen (secondary N) is 1. The normalized spacial score (nSPS) is 13.0. The summed E-state index contributed by atoms with van der Waals surface area (Å²) in [4.78, 5) is 4.25. The fraction of sp³-hybridized carbons (Fsp3) is 0.333. The molecule has 0 aliphatic heterocycles. The van der Waals surface area contributed by atoms with Gasteiger partial charge in [-0.25, -0.2) is 4.98 Å². The first kappa shape index (κ1) is 9.36. The van der Waals surface area contributed by atoms with Crippen molar-refractivity contribution in [2.75, 3.05) is 11.9 Å². The maximum Gasteiger partial charge on any atom is 0.127 e. The Morgan fingerprint density at radius 3 is 3.21 bits per heavy atom. The Morgan fingerprint density at radius 2 is 2.43 bits per heavy atom. The molecular weight excluding hydrogens is 196 g/mol. The number of hydrogen-bond donors (Lipinski definition) is 2. The number of nitrogens with zero attached hydrogens (tertiary/aromatic N) is 2. The van der Waals surface area contributed by atoms with Crippen molar-refractivity contribution < 1.29 is 0 Å². The van der Waals surface area contributed by atoms with E-state index >= 15 is 0 Å². The van der Waals surface area contributed by atoms with Crippen molar-refractivity contribution in [2.24, 2.45) is 5.73 Å². The zero-order valence-corrected chi connectivity index (χ0v) is 8.71. The summed E-state index contributed by atoms with van der Waals surface area (Å²) in [5, 5.41) is 4.25. The molecule has 74 valence electrons. The molecule has 14 heavy (non-hydrogen) atoms. The van der Waals surface area contributed by atoms with Gasteiger partial charge in [0.25, 0.3) is 0 Å². The number of fused-ring (bicyclic) bond motifs is 1. The second-order valence-corrected chi connectivity index (χ2v) is 4.12. The maximum absolute atomic E-state index is 5.63. The lowest BCUT2D eigenvalue weighted by molar-refractivity contribution is 0.777. The van der Waals surface area contributed by atoms with Crippen LogP contribution in [0.1, 0.15) is 6.92 Å². The zero-order valence-electron chi connectivity index (χ0n) is 7.90. The van der Waals surface area contributed by atoms with Gasteiger partial charge >= 0.3 is 0 Å². The van der Waals surface area contributed by atoms with E-state index in [2.05, 4.69) is 14.7 Å². The van der Waals surface area contributed by atoms with Gasteiger partial charge in [-0.2, -0.15) is 4.37 Å². The number of aromatic nitrogens is 2. The molecule has 0 aromatic carbocycles. The first-order chi connectivity index (χ1) is 6.75. The molecule has 0 saturated carbocycles. The maximum atomic E-state index is 5.63. The topological polar surface area (TPSA) is 63.8 Å². The van der Waals surface area contributed by atoms with Crippen molar-refractivity contribution in [3.8, 4) is 0 Å². The molecule has 0 aliphatic carbocycles. The Kier molecular flexibility index (Phi) is 2.60. The van der Waals surface area contributed by atoms with Gasteiger partial charge < -0.3 is 11.1 Å². The molecule has 0 bridgehead atoms. The van der Waals surface area contributed by atoms with Crippen molar-refractivity contribution in [3.05, 3.63) is 18.5 Å². The van der Waals surface area contributed by atoms with Crippen LogP contribution in [0.3, 0.4) is 0 Å². The zero-order chi connectivity index (χ0) is 9.97. The molecule has 1 atom stereocenters. The van der Waals surface area contributed by atoms with Crippen LogP contribution in [0, 0.1) is 0 Å². The van der Waals surface area contributed by atoms with Crippen LogP contribution in [0.2, 0.25) is 0 Å². The second kappa shape index (κ2) is 3.89. The summed E-state index contributed by atoms with van der Waals surface area (Å²) in [7, 11) is 0. The molecule has 3 N–H and O–H groups in total. The summed E-state index contributed by atoms with van der Waals surface area (Å²) in [6.45, 7) is 2.69. The van der Waals surface area contributed by atoms with Gasteiger partial charge in [-0.15, -0.1) is 0 Å². The molecule has 0 saturated heterocycles. The Bertz CT molecular complexity index is 423. The van der Waals surface area contributed by atoms with Crippen LogP contribution < -0.4 is 11.1 Å². The molecule has 0 fully saturated rings. The van der Waals surface area contributed by atoms with Gasteiger partial charge in [0.05, 0.1) is 10.9 Å².